The smallest absolute Gasteiger partial charge is 0.306 e. The molecule has 1 saturated carbocycles. The van der Waals surface area contributed by atoms with Crippen molar-refractivity contribution in [3.8, 4) is 5.75 Å². The molecule has 0 aliphatic heterocycles. The Morgan fingerprint density at radius 3 is 2.61 bits per heavy atom. The Bertz CT molecular complexity index is 729. The van der Waals surface area contributed by atoms with Crippen molar-refractivity contribution in [3.05, 3.63) is 28.8 Å². The Balaban J connectivity index is 1.71. The van der Waals surface area contributed by atoms with Crippen LogP contribution in [0.2, 0.25) is 5.02 Å². The average Bonchev–Trinajstić information content (AvgIpc) is 3.39. The molecule has 28 heavy (non-hydrogen) atoms. The summed E-state index contributed by atoms with van der Waals surface area (Å²) in [5.41, 5.74) is -0.0908. The first-order valence-electron chi connectivity index (χ1n) is 9.26. The molecule has 0 saturated heterocycles. The monoisotopic (exact) mass is 426 g/mol. The van der Waals surface area contributed by atoms with Crippen LogP contribution in [0.4, 0.5) is 0 Å². The lowest BCUT2D eigenvalue weighted by atomic mass is 10.2. The molecule has 0 amide bonds. The fourth-order valence-corrected chi connectivity index (χ4v) is 3.09. The molecule has 154 valence electrons. The van der Waals surface area contributed by atoms with Gasteiger partial charge in [0.1, 0.15) is 11.4 Å². The summed E-state index contributed by atoms with van der Waals surface area (Å²) in [5.74, 6) is 1.38. The van der Waals surface area contributed by atoms with Gasteiger partial charge in [-0.05, 0) is 64.2 Å². The Kier molecular flexibility index (Phi) is 8.19. The fraction of sp³-hybridized carbons (Fsp3) is 0.550. The van der Waals surface area contributed by atoms with E-state index in [9.17, 15) is 4.79 Å². The van der Waals surface area contributed by atoms with Crippen LogP contribution >= 0.6 is 23.4 Å². The minimum absolute atomic E-state index is 0.112. The second-order valence-electron chi connectivity index (χ2n) is 7.65. The maximum Gasteiger partial charge on any atom is 0.306 e. The van der Waals surface area contributed by atoms with Gasteiger partial charge >= 0.3 is 5.97 Å². The molecule has 2 rings (SSSR count). The van der Waals surface area contributed by atoms with E-state index in [4.69, 9.17) is 36.6 Å². The van der Waals surface area contributed by atoms with E-state index in [1.54, 1.807) is 18.2 Å². The predicted molar refractivity (Wildman–Crippen MR) is 113 cm³/mol. The standard InChI is InChI=1S/C20H27ClN2O4S/c1-20(2,3)27-17(24)5-4-10-28-19(23)26-18(22)15-9-8-14(11-16(15)21)25-12-13-6-7-13/h8-9,11,13,22-23H,4-7,10,12H2,1-3H3. The number of hydrogen-bond acceptors (Lipinski definition) is 7. The molecule has 1 aliphatic rings. The number of benzene rings is 1. The van der Waals surface area contributed by atoms with Gasteiger partial charge in [-0.1, -0.05) is 23.4 Å². The van der Waals surface area contributed by atoms with Gasteiger partial charge in [0.05, 0.1) is 17.2 Å². The molecular weight excluding hydrogens is 400 g/mol. The average molecular weight is 427 g/mol. The van der Waals surface area contributed by atoms with Gasteiger partial charge in [-0.15, -0.1) is 0 Å². The number of carbonyl (C=O) groups is 1. The SMILES string of the molecule is CC(C)(C)OC(=O)CCCSC(=N)OC(=N)c1ccc(OCC2CC2)cc1Cl. The molecule has 2 N–H and O–H groups in total. The number of thioether (sulfide) groups is 1. The van der Waals surface area contributed by atoms with Gasteiger partial charge in [-0.3, -0.25) is 15.6 Å². The van der Waals surface area contributed by atoms with Crippen molar-refractivity contribution in [2.24, 2.45) is 5.92 Å². The third-order valence-corrected chi connectivity index (χ3v) is 4.89. The number of halogens is 1. The second-order valence-corrected chi connectivity index (χ2v) is 9.13. The van der Waals surface area contributed by atoms with Crippen molar-refractivity contribution in [1.82, 2.24) is 0 Å². The Morgan fingerprint density at radius 2 is 2.00 bits per heavy atom. The molecule has 1 fully saturated rings. The summed E-state index contributed by atoms with van der Waals surface area (Å²) in [7, 11) is 0. The van der Waals surface area contributed by atoms with Crippen molar-refractivity contribution in [2.75, 3.05) is 12.4 Å². The van der Waals surface area contributed by atoms with Crippen molar-refractivity contribution < 1.29 is 19.0 Å². The first kappa shape index (κ1) is 22.6. The van der Waals surface area contributed by atoms with Crippen LogP contribution < -0.4 is 4.74 Å². The zero-order valence-electron chi connectivity index (χ0n) is 16.5. The van der Waals surface area contributed by atoms with Crippen molar-refractivity contribution in [1.29, 1.82) is 10.8 Å². The first-order chi connectivity index (χ1) is 13.1. The van der Waals surface area contributed by atoms with Crippen molar-refractivity contribution in [3.63, 3.8) is 0 Å². The van der Waals surface area contributed by atoms with Gasteiger partial charge in [-0.2, -0.15) is 0 Å². The maximum atomic E-state index is 11.6. The van der Waals surface area contributed by atoms with Crippen LogP contribution in [-0.4, -0.2) is 35.1 Å². The van der Waals surface area contributed by atoms with E-state index in [2.05, 4.69) is 0 Å². The number of rotatable bonds is 8. The van der Waals surface area contributed by atoms with Crippen LogP contribution in [0.25, 0.3) is 0 Å². The highest BCUT2D eigenvalue weighted by molar-refractivity contribution is 8.13. The summed E-state index contributed by atoms with van der Waals surface area (Å²) in [6.45, 7) is 6.16. The normalized spacial score (nSPS) is 13.7. The Labute approximate surface area is 175 Å². The first-order valence-corrected chi connectivity index (χ1v) is 10.6. The fourth-order valence-electron chi connectivity index (χ4n) is 2.22. The number of carbonyl (C=O) groups excluding carboxylic acids is 1. The zero-order valence-corrected chi connectivity index (χ0v) is 18.0. The highest BCUT2D eigenvalue weighted by Gasteiger charge is 2.22. The largest absolute Gasteiger partial charge is 0.493 e. The minimum Gasteiger partial charge on any atom is -0.493 e. The Morgan fingerprint density at radius 1 is 1.29 bits per heavy atom. The lowest BCUT2D eigenvalue weighted by Gasteiger charge is -2.19. The molecule has 0 radical (unpaired) electrons. The molecule has 0 atom stereocenters. The molecule has 1 aromatic rings. The lowest BCUT2D eigenvalue weighted by molar-refractivity contribution is -0.154. The summed E-state index contributed by atoms with van der Waals surface area (Å²) in [4.78, 5) is 11.6. The summed E-state index contributed by atoms with van der Waals surface area (Å²) in [5, 5.41) is 16.1. The number of hydrogen-bond donors (Lipinski definition) is 2. The summed E-state index contributed by atoms with van der Waals surface area (Å²) in [6, 6.07) is 5.07. The van der Waals surface area contributed by atoms with Crippen molar-refractivity contribution >= 4 is 40.5 Å². The predicted octanol–water partition coefficient (Wildman–Crippen LogP) is 5.26. The van der Waals surface area contributed by atoms with E-state index in [0.29, 0.717) is 41.0 Å². The quantitative estimate of drug-likeness (QED) is 0.256. The molecule has 0 aromatic heterocycles. The summed E-state index contributed by atoms with van der Waals surface area (Å²) in [6.07, 6.45) is 3.26. The number of ether oxygens (including phenoxy) is 3. The van der Waals surface area contributed by atoms with E-state index in [0.717, 1.165) is 11.8 Å². The van der Waals surface area contributed by atoms with E-state index < -0.39 is 5.60 Å². The van der Waals surface area contributed by atoms with E-state index in [-0.39, 0.29) is 23.5 Å². The maximum absolute atomic E-state index is 11.6. The van der Waals surface area contributed by atoms with E-state index >= 15 is 0 Å². The number of nitrogens with one attached hydrogen (secondary N) is 2. The van der Waals surface area contributed by atoms with Gasteiger partial charge in [0.15, 0.2) is 0 Å². The molecule has 1 aromatic carbocycles. The topological polar surface area (TPSA) is 92.5 Å². The highest BCUT2D eigenvalue weighted by Crippen LogP contribution is 2.30. The molecule has 1 aliphatic carbocycles. The number of esters is 1. The Hall–Kier alpha value is -1.73. The van der Waals surface area contributed by atoms with Gasteiger partial charge in [0.2, 0.25) is 11.1 Å². The van der Waals surface area contributed by atoms with Gasteiger partial charge in [-0.25, -0.2) is 0 Å². The summed E-state index contributed by atoms with van der Waals surface area (Å²) < 4.78 is 16.1. The van der Waals surface area contributed by atoms with Crippen LogP contribution in [0.3, 0.4) is 0 Å². The molecule has 8 heteroatoms. The molecular formula is C20H27ClN2O4S. The van der Waals surface area contributed by atoms with Gasteiger partial charge in [0, 0.05) is 12.2 Å². The molecule has 6 nitrogen and oxygen atoms in total. The summed E-state index contributed by atoms with van der Waals surface area (Å²) >= 11 is 7.35. The van der Waals surface area contributed by atoms with Crippen LogP contribution in [0.5, 0.6) is 5.75 Å². The third kappa shape index (κ3) is 8.52. The highest BCUT2D eigenvalue weighted by atomic mass is 35.5. The molecule has 0 unspecified atom stereocenters. The molecule has 0 spiro atoms. The van der Waals surface area contributed by atoms with Crippen molar-refractivity contribution in [2.45, 2.75) is 52.1 Å². The third-order valence-electron chi connectivity index (χ3n) is 3.74. The van der Waals surface area contributed by atoms with E-state index in [1.807, 2.05) is 20.8 Å². The van der Waals surface area contributed by atoms with E-state index in [1.165, 1.54) is 12.8 Å². The van der Waals surface area contributed by atoms with Gasteiger partial charge < -0.3 is 14.2 Å². The van der Waals surface area contributed by atoms with Gasteiger partial charge in [0.25, 0.3) is 0 Å². The molecule has 0 heterocycles. The zero-order chi connectivity index (χ0) is 20.7. The van der Waals surface area contributed by atoms with Crippen LogP contribution in [0.1, 0.15) is 52.0 Å². The minimum atomic E-state index is -0.493. The second kappa shape index (κ2) is 10.2. The van der Waals surface area contributed by atoms with Crippen LogP contribution in [-0.2, 0) is 14.3 Å². The van der Waals surface area contributed by atoms with Crippen LogP contribution in [0.15, 0.2) is 18.2 Å². The lowest BCUT2D eigenvalue weighted by Crippen LogP contribution is -2.23. The van der Waals surface area contributed by atoms with Crippen LogP contribution in [0, 0.1) is 16.7 Å². The molecule has 0 bridgehead atoms.